The van der Waals surface area contributed by atoms with Gasteiger partial charge in [-0.1, -0.05) is 12.1 Å². The largest absolute Gasteiger partial charge is 0.733 e. The van der Waals surface area contributed by atoms with Crippen LogP contribution in [0.2, 0.25) is 0 Å². The summed E-state index contributed by atoms with van der Waals surface area (Å²) in [4.78, 5) is 6.79. The third-order valence-electron chi connectivity index (χ3n) is 2.93. The molecule has 0 unspecified atom stereocenters. The van der Waals surface area contributed by atoms with Gasteiger partial charge in [0.15, 0.2) is 0 Å². The zero-order valence-corrected chi connectivity index (χ0v) is 10.8. The third kappa shape index (κ3) is 3.41. The fraction of sp³-hybridized carbons (Fsp3) is 0.500. The van der Waals surface area contributed by atoms with E-state index in [0.717, 1.165) is 32.1 Å². The molecule has 0 amide bonds. The Morgan fingerprint density at radius 3 is 2.17 bits per heavy atom. The average Bonchev–Trinajstić information content (AvgIpc) is 2.28. The van der Waals surface area contributed by atoms with Crippen LogP contribution >= 0.6 is 0 Å². The first-order chi connectivity index (χ1) is 8.54. The Labute approximate surface area is 107 Å². The van der Waals surface area contributed by atoms with Gasteiger partial charge in [0.25, 0.3) is 0 Å². The average molecular weight is 251 g/mol. The van der Waals surface area contributed by atoms with E-state index in [1.54, 1.807) is 12.1 Å². The van der Waals surface area contributed by atoms with Crippen molar-refractivity contribution in [2.45, 2.75) is 6.54 Å². The highest BCUT2D eigenvalue weighted by Crippen LogP contribution is 2.15. The van der Waals surface area contributed by atoms with E-state index in [1.807, 2.05) is 12.1 Å². The molecule has 1 N–H and O–H groups in total. The van der Waals surface area contributed by atoms with Gasteiger partial charge in [0.2, 0.25) is 0 Å². The van der Waals surface area contributed by atoms with Crippen LogP contribution in [0.5, 0.6) is 0 Å². The van der Waals surface area contributed by atoms with Crippen LogP contribution in [0.15, 0.2) is 24.3 Å². The van der Waals surface area contributed by atoms with Crippen LogP contribution in [0.1, 0.15) is 5.56 Å². The van der Waals surface area contributed by atoms with Gasteiger partial charge in [-0.2, -0.15) is 0 Å². The maximum Gasteiger partial charge on any atom is 0.0530 e. The predicted octanol–water partition coefficient (Wildman–Crippen LogP) is 0.932. The highest BCUT2D eigenvalue weighted by atomic mass is 16.8. The Bertz CT molecular complexity index is 372. The molecule has 0 atom stereocenters. The van der Waals surface area contributed by atoms with Crippen LogP contribution in [0.25, 0.3) is 0 Å². The van der Waals surface area contributed by atoms with Crippen molar-refractivity contribution < 1.29 is 5.21 Å². The van der Waals surface area contributed by atoms with Gasteiger partial charge in [0.1, 0.15) is 0 Å². The first-order valence-corrected chi connectivity index (χ1v) is 5.89. The van der Waals surface area contributed by atoms with E-state index in [4.69, 9.17) is 5.21 Å². The molecule has 6 heteroatoms. The van der Waals surface area contributed by atoms with E-state index in [-0.39, 0.29) is 10.9 Å². The van der Waals surface area contributed by atoms with E-state index in [9.17, 15) is 5.21 Å². The lowest BCUT2D eigenvalue weighted by molar-refractivity contribution is -0.00598. The SMILES string of the molecule is CN1CN(C)CN(Cc2ccc(N([O-])O)cc2)C1. The van der Waals surface area contributed by atoms with Crippen molar-refractivity contribution in [1.29, 1.82) is 0 Å². The molecule has 0 bridgehead atoms. The number of nitrogens with zero attached hydrogens (tertiary/aromatic N) is 4. The lowest BCUT2D eigenvalue weighted by Crippen LogP contribution is -2.51. The Kier molecular flexibility index (Phi) is 4.15. The Morgan fingerprint density at radius 1 is 1.11 bits per heavy atom. The van der Waals surface area contributed by atoms with Crippen LogP contribution in [0.4, 0.5) is 5.69 Å². The van der Waals surface area contributed by atoms with Crippen molar-refractivity contribution in [2.24, 2.45) is 0 Å². The van der Waals surface area contributed by atoms with Crippen molar-refractivity contribution in [1.82, 2.24) is 14.7 Å². The molecule has 1 aliphatic rings. The summed E-state index contributed by atoms with van der Waals surface area (Å²) < 4.78 is 0. The molecule has 2 rings (SSSR count). The highest BCUT2D eigenvalue weighted by molar-refractivity contribution is 5.45. The maximum absolute atomic E-state index is 10.7. The van der Waals surface area contributed by atoms with E-state index in [1.165, 1.54) is 0 Å². The van der Waals surface area contributed by atoms with Crippen molar-refractivity contribution >= 4 is 5.69 Å². The van der Waals surface area contributed by atoms with Crippen LogP contribution in [-0.4, -0.2) is 54.0 Å². The fourth-order valence-corrected chi connectivity index (χ4v) is 2.32. The molecule has 1 aliphatic heterocycles. The quantitative estimate of drug-likeness (QED) is 0.807. The summed E-state index contributed by atoms with van der Waals surface area (Å²) in [5.74, 6) is 0. The van der Waals surface area contributed by atoms with E-state index in [0.29, 0.717) is 0 Å². The van der Waals surface area contributed by atoms with Crippen molar-refractivity contribution in [3.63, 3.8) is 0 Å². The van der Waals surface area contributed by atoms with Gasteiger partial charge in [-0.05, 0) is 31.8 Å². The van der Waals surface area contributed by atoms with Gasteiger partial charge in [0, 0.05) is 6.54 Å². The lowest BCUT2D eigenvalue weighted by atomic mass is 10.2. The number of hydrogen-bond acceptors (Lipinski definition) is 6. The Hall–Kier alpha value is -1.18. The van der Waals surface area contributed by atoms with E-state index >= 15 is 0 Å². The fourth-order valence-electron chi connectivity index (χ4n) is 2.32. The molecule has 1 aromatic carbocycles. The second kappa shape index (κ2) is 5.64. The Balaban J connectivity index is 1.96. The molecule has 100 valence electrons. The number of rotatable bonds is 3. The molecule has 0 saturated carbocycles. The molecule has 1 aromatic rings. The topological polar surface area (TPSA) is 56.2 Å². The summed E-state index contributed by atoms with van der Waals surface area (Å²) in [7, 11) is 4.18. The molecule has 0 aromatic heterocycles. The number of anilines is 1. The molecule has 1 fully saturated rings. The molecular weight excluding hydrogens is 232 g/mol. The Morgan fingerprint density at radius 2 is 1.67 bits per heavy atom. The summed E-state index contributed by atoms with van der Waals surface area (Å²) in [6, 6.07) is 6.98. The van der Waals surface area contributed by atoms with Crippen LogP contribution in [-0.2, 0) is 6.54 Å². The first kappa shape index (κ1) is 13.3. The van der Waals surface area contributed by atoms with Gasteiger partial charge in [-0.15, -0.1) is 0 Å². The second-order valence-electron chi connectivity index (χ2n) is 4.90. The van der Waals surface area contributed by atoms with Gasteiger partial charge < -0.3 is 10.4 Å². The van der Waals surface area contributed by atoms with Crippen LogP contribution < -0.4 is 5.23 Å². The van der Waals surface area contributed by atoms with Gasteiger partial charge in [-0.25, -0.2) is 0 Å². The van der Waals surface area contributed by atoms with Crippen molar-refractivity contribution in [3.05, 3.63) is 35.0 Å². The predicted molar refractivity (Wildman–Crippen MR) is 69.7 cm³/mol. The van der Waals surface area contributed by atoms with E-state index < -0.39 is 0 Å². The first-order valence-electron chi connectivity index (χ1n) is 5.89. The summed E-state index contributed by atoms with van der Waals surface area (Å²) >= 11 is 0. The zero-order valence-electron chi connectivity index (χ0n) is 10.8. The molecule has 18 heavy (non-hydrogen) atoms. The minimum Gasteiger partial charge on any atom is -0.733 e. The van der Waals surface area contributed by atoms with E-state index in [2.05, 4.69) is 28.8 Å². The number of benzene rings is 1. The van der Waals surface area contributed by atoms with Crippen molar-refractivity contribution in [3.8, 4) is 0 Å². The van der Waals surface area contributed by atoms with Gasteiger partial charge >= 0.3 is 0 Å². The molecule has 1 heterocycles. The summed E-state index contributed by atoms with van der Waals surface area (Å²) in [5, 5.41) is 19.3. The molecule has 0 radical (unpaired) electrons. The lowest BCUT2D eigenvalue weighted by Gasteiger charge is -2.39. The van der Waals surface area contributed by atoms with Gasteiger partial charge in [0.05, 0.1) is 25.7 Å². The van der Waals surface area contributed by atoms with Crippen LogP contribution in [0.3, 0.4) is 0 Å². The summed E-state index contributed by atoms with van der Waals surface area (Å²) in [6.07, 6.45) is 0. The molecule has 1 saturated heterocycles. The standard InChI is InChI=1S/C12H19N4O2/c1-13-8-14(2)10-15(9-13)7-11-3-5-12(6-4-11)16(17)18/h3-6,17H,7-10H2,1-2H3/q-1. The minimum absolute atomic E-state index is 0.119. The molecular formula is C12H19N4O2-. The smallest absolute Gasteiger partial charge is 0.0530 e. The monoisotopic (exact) mass is 251 g/mol. The molecule has 0 aliphatic carbocycles. The second-order valence-corrected chi connectivity index (χ2v) is 4.90. The highest BCUT2D eigenvalue weighted by Gasteiger charge is 2.17. The third-order valence-corrected chi connectivity index (χ3v) is 2.93. The molecule has 0 spiro atoms. The summed E-state index contributed by atoms with van der Waals surface area (Å²) in [5.41, 5.74) is 1.39. The number of hydrogen-bond donors (Lipinski definition) is 1. The van der Waals surface area contributed by atoms with Crippen LogP contribution in [0, 0.1) is 5.21 Å². The van der Waals surface area contributed by atoms with Gasteiger partial charge in [-0.3, -0.25) is 19.9 Å². The minimum atomic E-state index is -0.119. The normalized spacial score (nSPS) is 19.1. The zero-order chi connectivity index (χ0) is 13.1. The summed E-state index contributed by atoms with van der Waals surface area (Å²) in [6.45, 7) is 3.67. The maximum atomic E-state index is 10.7. The molecule has 6 nitrogen and oxygen atoms in total. The van der Waals surface area contributed by atoms with Crippen molar-refractivity contribution in [2.75, 3.05) is 39.3 Å².